The van der Waals surface area contributed by atoms with Gasteiger partial charge in [0.2, 0.25) is 15.9 Å². The van der Waals surface area contributed by atoms with Crippen molar-refractivity contribution in [2.75, 3.05) is 13.1 Å². The monoisotopic (exact) mass is 439 g/mol. The van der Waals surface area contributed by atoms with Crippen LogP contribution < -0.4 is 5.32 Å². The Kier molecular flexibility index (Phi) is 6.65. The molecule has 0 unspecified atom stereocenters. The Morgan fingerprint density at radius 3 is 2.62 bits per heavy atom. The van der Waals surface area contributed by atoms with E-state index in [4.69, 9.17) is 16.1 Å². The number of carbonyl (C=O) groups excluding carboxylic acids is 1. The van der Waals surface area contributed by atoms with Crippen molar-refractivity contribution < 1.29 is 17.7 Å². The van der Waals surface area contributed by atoms with Crippen molar-refractivity contribution in [2.45, 2.75) is 45.1 Å². The first-order valence-electron chi connectivity index (χ1n) is 9.65. The number of sulfonamides is 1. The molecule has 1 saturated heterocycles. The van der Waals surface area contributed by atoms with Crippen molar-refractivity contribution in [1.29, 1.82) is 0 Å². The molecule has 1 aromatic heterocycles. The largest absolute Gasteiger partial charge is 0.360 e. The van der Waals surface area contributed by atoms with Crippen LogP contribution in [-0.4, -0.2) is 36.9 Å². The van der Waals surface area contributed by atoms with Crippen LogP contribution in [0.3, 0.4) is 0 Å². The zero-order chi connectivity index (χ0) is 21.2. The van der Waals surface area contributed by atoms with Gasteiger partial charge in [0, 0.05) is 30.6 Å². The molecule has 1 fully saturated rings. The average molecular weight is 440 g/mol. The summed E-state index contributed by atoms with van der Waals surface area (Å²) in [5.41, 5.74) is 1.32. The summed E-state index contributed by atoms with van der Waals surface area (Å²) in [7, 11) is -3.64. The summed E-state index contributed by atoms with van der Waals surface area (Å²) >= 11 is 5.98. The SMILES string of the molecule is Cc1noc(C)c1S(=O)(=O)N1CCC([C@H](C)C(=O)NCc2cccc(Cl)c2)CC1. The molecule has 2 heterocycles. The summed E-state index contributed by atoms with van der Waals surface area (Å²) in [5.74, 6) is 0.207. The average Bonchev–Trinajstić information content (AvgIpc) is 3.04. The van der Waals surface area contributed by atoms with E-state index < -0.39 is 10.0 Å². The van der Waals surface area contributed by atoms with Crippen LogP contribution in [0.1, 0.15) is 36.8 Å². The van der Waals surface area contributed by atoms with Crippen LogP contribution >= 0.6 is 11.6 Å². The number of nitrogens with zero attached hydrogens (tertiary/aromatic N) is 2. The van der Waals surface area contributed by atoms with Crippen LogP contribution in [0.25, 0.3) is 0 Å². The quantitative estimate of drug-likeness (QED) is 0.745. The maximum absolute atomic E-state index is 12.9. The first kappa shape index (κ1) is 21.8. The standard InChI is InChI=1S/C20H26ClN3O4S/c1-13(20(25)22-12-16-5-4-6-18(21)11-16)17-7-9-24(10-8-17)29(26,27)19-14(2)23-28-15(19)3/h4-6,11,13,17H,7-10,12H2,1-3H3,(H,22,25)/t13-/m0/s1. The first-order chi connectivity index (χ1) is 13.7. The fourth-order valence-corrected chi connectivity index (χ4v) is 5.77. The highest BCUT2D eigenvalue weighted by molar-refractivity contribution is 7.89. The van der Waals surface area contributed by atoms with E-state index in [9.17, 15) is 13.2 Å². The second-order valence-corrected chi connectivity index (χ2v) is 9.84. The Morgan fingerprint density at radius 1 is 1.34 bits per heavy atom. The number of nitrogens with one attached hydrogen (secondary N) is 1. The summed E-state index contributed by atoms with van der Waals surface area (Å²) in [4.78, 5) is 12.7. The number of benzene rings is 1. The third-order valence-electron chi connectivity index (χ3n) is 5.54. The van der Waals surface area contributed by atoms with Gasteiger partial charge in [-0.3, -0.25) is 4.79 Å². The zero-order valence-electron chi connectivity index (χ0n) is 16.8. The highest BCUT2D eigenvalue weighted by Gasteiger charge is 2.36. The van der Waals surface area contributed by atoms with E-state index in [1.54, 1.807) is 19.9 Å². The van der Waals surface area contributed by atoms with Crippen LogP contribution in [0.2, 0.25) is 5.02 Å². The Bertz CT molecular complexity index is 962. The number of aryl methyl sites for hydroxylation is 2. The topological polar surface area (TPSA) is 92.5 Å². The highest BCUT2D eigenvalue weighted by Crippen LogP contribution is 2.30. The van der Waals surface area contributed by atoms with Gasteiger partial charge < -0.3 is 9.84 Å². The number of amides is 1. The summed E-state index contributed by atoms with van der Waals surface area (Å²) in [6, 6.07) is 7.38. The van der Waals surface area contributed by atoms with E-state index in [1.165, 1.54) is 4.31 Å². The molecule has 1 amide bonds. The third kappa shape index (κ3) is 4.82. The molecule has 1 N–H and O–H groups in total. The summed E-state index contributed by atoms with van der Waals surface area (Å²) in [5, 5.41) is 7.34. The predicted molar refractivity (Wildman–Crippen MR) is 110 cm³/mol. The van der Waals surface area contributed by atoms with Crippen LogP contribution in [0.4, 0.5) is 0 Å². The molecule has 158 valence electrons. The minimum atomic E-state index is -3.64. The second kappa shape index (κ2) is 8.85. The van der Waals surface area contributed by atoms with Crippen molar-refractivity contribution >= 4 is 27.5 Å². The molecular weight excluding hydrogens is 414 g/mol. The number of rotatable bonds is 6. The predicted octanol–water partition coefficient (Wildman–Crippen LogP) is 3.30. The Morgan fingerprint density at radius 2 is 2.03 bits per heavy atom. The number of aromatic nitrogens is 1. The van der Waals surface area contributed by atoms with Crippen LogP contribution in [0.5, 0.6) is 0 Å². The van der Waals surface area contributed by atoms with E-state index in [0.717, 1.165) is 5.56 Å². The lowest BCUT2D eigenvalue weighted by atomic mass is 9.85. The van der Waals surface area contributed by atoms with Gasteiger partial charge in [0.05, 0.1) is 0 Å². The van der Waals surface area contributed by atoms with E-state index in [2.05, 4.69) is 10.5 Å². The van der Waals surface area contributed by atoms with E-state index >= 15 is 0 Å². The van der Waals surface area contributed by atoms with Gasteiger partial charge in [0.25, 0.3) is 0 Å². The molecule has 1 aliphatic rings. The molecule has 29 heavy (non-hydrogen) atoms. The Balaban J connectivity index is 1.56. The van der Waals surface area contributed by atoms with E-state index in [-0.39, 0.29) is 22.6 Å². The molecule has 1 atom stereocenters. The van der Waals surface area contributed by atoms with Gasteiger partial charge in [-0.25, -0.2) is 8.42 Å². The van der Waals surface area contributed by atoms with Crippen molar-refractivity contribution in [1.82, 2.24) is 14.8 Å². The Hall–Kier alpha value is -1.90. The van der Waals surface area contributed by atoms with Crippen molar-refractivity contribution in [3.05, 3.63) is 46.3 Å². The van der Waals surface area contributed by atoms with Gasteiger partial charge in [0.15, 0.2) is 5.76 Å². The fraction of sp³-hybridized carbons (Fsp3) is 0.500. The van der Waals surface area contributed by atoms with E-state index in [0.29, 0.717) is 49.0 Å². The normalized spacial score (nSPS) is 17.2. The summed E-state index contributed by atoms with van der Waals surface area (Å²) < 4.78 is 32.3. The molecule has 9 heteroatoms. The summed E-state index contributed by atoms with van der Waals surface area (Å²) in [6.07, 6.45) is 1.27. The smallest absolute Gasteiger partial charge is 0.248 e. The molecule has 0 aliphatic carbocycles. The van der Waals surface area contributed by atoms with Gasteiger partial charge in [-0.1, -0.05) is 35.8 Å². The van der Waals surface area contributed by atoms with E-state index in [1.807, 2.05) is 25.1 Å². The highest BCUT2D eigenvalue weighted by atomic mass is 35.5. The minimum absolute atomic E-state index is 0.0305. The van der Waals surface area contributed by atoms with Crippen LogP contribution in [0, 0.1) is 25.7 Å². The van der Waals surface area contributed by atoms with Gasteiger partial charge in [-0.2, -0.15) is 4.31 Å². The molecular formula is C20H26ClN3O4S. The van der Waals surface area contributed by atoms with Gasteiger partial charge in [-0.05, 0) is 50.3 Å². The van der Waals surface area contributed by atoms with Gasteiger partial charge in [0.1, 0.15) is 10.6 Å². The number of piperidine rings is 1. The number of carbonyl (C=O) groups is 1. The number of hydrogen-bond acceptors (Lipinski definition) is 5. The van der Waals surface area contributed by atoms with Crippen LogP contribution in [0.15, 0.2) is 33.7 Å². The molecule has 1 aromatic carbocycles. The van der Waals surface area contributed by atoms with Crippen molar-refractivity contribution in [3.63, 3.8) is 0 Å². The lowest BCUT2D eigenvalue weighted by Gasteiger charge is -2.33. The lowest BCUT2D eigenvalue weighted by Crippen LogP contribution is -2.42. The van der Waals surface area contributed by atoms with Crippen molar-refractivity contribution in [3.8, 4) is 0 Å². The second-order valence-electron chi connectivity index (χ2n) is 7.53. The molecule has 0 radical (unpaired) electrons. The summed E-state index contributed by atoms with van der Waals surface area (Å²) in [6.45, 7) is 6.31. The number of hydrogen-bond donors (Lipinski definition) is 1. The van der Waals surface area contributed by atoms with Crippen molar-refractivity contribution in [2.24, 2.45) is 11.8 Å². The maximum Gasteiger partial charge on any atom is 0.248 e. The lowest BCUT2D eigenvalue weighted by molar-refractivity contribution is -0.126. The molecule has 3 rings (SSSR count). The molecule has 0 spiro atoms. The fourth-order valence-electron chi connectivity index (χ4n) is 3.80. The Labute approximate surface area is 176 Å². The zero-order valence-corrected chi connectivity index (χ0v) is 18.4. The molecule has 2 aromatic rings. The number of halogens is 1. The molecule has 1 aliphatic heterocycles. The van der Waals surface area contributed by atoms with Gasteiger partial charge in [-0.15, -0.1) is 0 Å². The molecule has 0 bridgehead atoms. The molecule has 7 nitrogen and oxygen atoms in total. The van der Waals surface area contributed by atoms with Gasteiger partial charge >= 0.3 is 0 Å². The third-order valence-corrected chi connectivity index (χ3v) is 7.92. The first-order valence-corrected chi connectivity index (χ1v) is 11.5. The molecule has 0 saturated carbocycles. The maximum atomic E-state index is 12.9. The van der Waals surface area contributed by atoms with Crippen LogP contribution in [-0.2, 0) is 21.4 Å². The minimum Gasteiger partial charge on any atom is -0.360 e.